The Bertz CT molecular complexity index is 448. The van der Waals surface area contributed by atoms with Crippen molar-refractivity contribution in [1.29, 1.82) is 5.26 Å². The molecular weight excluding hydrogens is 248 g/mol. The molecule has 3 nitrogen and oxygen atoms in total. The number of benzene rings is 1. The highest BCUT2D eigenvalue weighted by Crippen LogP contribution is 2.15. The van der Waals surface area contributed by atoms with E-state index in [1.165, 1.54) is 0 Å². The third-order valence-corrected chi connectivity index (χ3v) is 3.30. The molecule has 20 heavy (non-hydrogen) atoms. The molecule has 0 aromatic heterocycles. The molecule has 1 atom stereocenters. The molecule has 0 aliphatic rings. The van der Waals surface area contributed by atoms with Gasteiger partial charge in [0.15, 0.2) is 5.78 Å². The van der Waals surface area contributed by atoms with Crippen LogP contribution in [0.5, 0.6) is 0 Å². The van der Waals surface area contributed by atoms with E-state index in [1.807, 2.05) is 37.3 Å². The van der Waals surface area contributed by atoms with E-state index in [0.29, 0.717) is 18.9 Å². The third kappa shape index (κ3) is 4.79. The first-order valence-electron chi connectivity index (χ1n) is 7.30. The summed E-state index contributed by atoms with van der Waals surface area (Å²) in [5.41, 5.74) is 0.755. The Morgan fingerprint density at radius 2 is 1.95 bits per heavy atom. The Balaban J connectivity index is 2.88. The van der Waals surface area contributed by atoms with E-state index in [1.54, 1.807) is 0 Å². The van der Waals surface area contributed by atoms with Crippen molar-refractivity contribution in [3.8, 4) is 6.07 Å². The van der Waals surface area contributed by atoms with Crippen LogP contribution >= 0.6 is 0 Å². The van der Waals surface area contributed by atoms with Gasteiger partial charge in [-0.25, -0.2) is 0 Å². The quantitative estimate of drug-likeness (QED) is 0.680. The number of ketones is 1. The maximum atomic E-state index is 12.6. The highest BCUT2D eigenvalue weighted by atomic mass is 16.1. The fraction of sp³-hybridized carbons (Fsp3) is 0.529. The van der Waals surface area contributed by atoms with E-state index < -0.39 is 0 Å². The SMILES string of the molecule is CCC(C(=O)c1ccccc1)N(CCC#N)CC(C)C. The van der Waals surface area contributed by atoms with Crippen LogP contribution in [0.15, 0.2) is 30.3 Å². The van der Waals surface area contributed by atoms with E-state index >= 15 is 0 Å². The molecule has 0 heterocycles. The number of nitriles is 1. The summed E-state index contributed by atoms with van der Waals surface area (Å²) in [4.78, 5) is 14.8. The van der Waals surface area contributed by atoms with E-state index in [0.717, 1.165) is 18.5 Å². The van der Waals surface area contributed by atoms with Crippen molar-refractivity contribution in [3.63, 3.8) is 0 Å². The summed E-state index contributed by atoms with van der Waals surface area (Å²) < 4.78 is 0. The zero-order chi connectivity index (χ0) is 15.0. The summed E-state index contributed by atoms with van der Waals surface area (Å²) in [6.45, 7) is 7.81. The van der Waals surface area contributed by atoms with Gasteiger partial charge in [0.05, 0.1) is 12.1 Å². The van der Waals surface area contributed by atoms with Gasteiger partial charge in [0.2, 0.25) is 0 Å². The highest BCUT2D eigenvalue weighted by Gasteiger charge is 2.25. The number of Topliss-reactive ketones (excluding diaryl/α,β-unsaturated/α-hetero) is 1. The Hall–Kier alpha value is -1.66. The Labute approximate surface area is 122 Å². The van der Waals surface area contributed by atoms with Gasteiger partial charge in [0.1, 0.15) is 0 Å². The molecule has 1 aromatic rings. The largest absolute Gasteiger partial charge is 0.292 e. The van der Waals surface area contributed by atoms with Crippen LogP contribution in [0.2, 0.25) is 0 Å². The molecule has 1 unspecified atom stereocenters. The zero-order valence-electron chi connectivity index (χ0n) is 12.7. The van der Waals surface area contributed by atoms with Gasteiger partial charge in [0, 0.05) is 25.1 Å². The molecule has 0 bridgehead atoms. The predicted molar refractivity (Wildman–Crippen MR) is 81.5 cm³/mol. The normalized spacial score (nSPS) is 12.4. The highest BCUT2D eigenvalue weighted by molar-refractivity contribution is 6.00. The molecule has 108 valence electrons. The van der Waals surface area contributed by atoms with Crippen molar-refractivity contribution in [2.75, 3.05) is 13.1 Å². The number of carbonyl (C=O) groups is 1. The maximum Gasteiger partial charge on any atom is 0.179 e. The van der Waals surface area contributed by atoms with Crippen LogP contribution < -0.4 is 0 Å². The van der Waals surface area contributed by atoms with Crippen LogP contribution in [-0.2, 0) is 0 Å². The van der Waals surface area contributed by atoms with Gasteiger partial charge >= 0.3 is 0 Å². The standard InChI is InChI=1S/C17H24N2O/c1-4-16(17(20)15-9-6-5-7-10-15)19(12-8-11-18)13-14(2)3/h5-7,9-10,14,16H,4,8,12-13H2,1-3H3. The number of hydrogen-bond donors (Lipinski definition) is 0. The molecule has 0 radical (unpaired) electrons. The molecule has 0 amide bonds. The van der Waals surface area contributed by atoms with Crippen LogP contribution in [0, 0.1) is 17.2 Å². The third-order valence-electron chi connectivity index (χ3n) is 3.30. The lowest BCUT2D eigenvalue weighted by Gasteiger charge is -2.30. The molecule has 3 heteroatoms. The zero-order valence-corrected chi connectivity index (χ0v) is 12.7. The molecule has 0 aliphatic carbocycles. The first-order valence-corrected chi connectivity index (χ1v) is 7.30. The molecule has 1 aromatic carbocycles. The van der Waals surface area contributed by atoms with Gasteiger partial charge in [0.25, 0.3) is 0 Å². The summed E-state index contributed by atoms with van der Waals surface area (Å²) in [6.07, 6.45) is 1.23. The average molecular weight is 272 g/mol. The van der Waals surface area contributed by atoms with Crippen LogP contribution in [-0.4, -0.2) is 29.8 Å². The van der Waals surface area contributed by atoms with E-state index in [-0.39, 0.29) is 11.8 Å². The molecule has 0 spiro atoms. The second-order valence-electron chi connectivity index (χ2n) is 5.45. The molecule has 0 saturated heterocycles. The molecule has 0 aliphatic heterocycles. The summed E-state index contributed by atoms with van der Waals surface area (Å²) in [7, 11) is 0. The van der Waals surface area contributed by atoms with Crippen molar-refractivity contribution >= 4 is 5.78 Å². The van der Waals surface area contributed by atoms with Crippen molar-refractivity contribution in [3.05, 3.63) is 35.9 Å². The Morgan fingerprint density at radius 3 is 2.45 bits per heavy atom. The van der Waals surface area contributed by atoms with Crippen molar-refractivity contribution in [2.45, 2.75) is 39.7 Å². The lowest BCUT2D eigenvalue weighted by molar-refractivity contribution is 0.0795. The first kappa shape index (κ1) is 16.4. The van der Waals surface area contributed by atoms with Gasteiger partial charge < -0.3 is 0 Å². The van der Waals surface area contributed by atoms with E-state index in [2.05, 4.69) is 24.8 Å². The van der Waals surface area contributed by atoms with Crippen LogP contribution in [0.25, 0.3) is 0 Å². The molecule has 0 fully saturated rings. The maximum absolute atomic E-state index is 12.6. The van der Waals surface area contributed by atoms with Gasteiger partial charge in [-0.2, -0.15) is 5.26 Å². The molecule has 0 N–H and O–H groups in total. The van der Waals surface area contributed by atoms with Gasteiger partial charge in [-0.15, -0.1) is 0 Å². The predicted octanol–water partition coefficient (Wildman–Crippen LogP) is 3.52. The van der Waals surface area contributed by atoms with E-state index in [9.17, 15) is 4.79 Å². The Kier molecular flexibility index (Phi) is 6.97. The van der Waals surface area contributed by atoms with Gasteiger partial charge in [-0.1, -0.05) is 51.1 Å². The lowest BCUT2D eigenvalue weighted by Crippen LogP contribution is -2.43. The number of nitrogens with zero attached hydrogens (tertiary/aromatic N) is 2. The average Bonchev–Trinajstić information content (AvgIpc) is 2.45. The smallest absolute Gasteiger partial charge is 0.179 e. The monoisotopic (exact) mass is 272 g/mol. The Morgan fingerprint density at radius 1 is 1.30 bits per heavy atom. The second-order valence-corrected chi connectivity index (χ2v) is 5.45. The molecule has 1 rings (SSSR count). The summed E-state index contributed by atoms with van der Waals surface area (Å²) in [6, 6.07) is 11.5. The van der Waals surface area contributed by atoms with Crippen molar-refractivity contribution in [2.24, 2.45) is 5.92 Å². The number of carbonyl (C=O) groups excluding carboxylic acids is 1. The fourth-order valence-corrected chi connectivity index (χ4v) is 2.44. The number of hydrogen-bond acceptors (Lipinski definition) is 3. The van der Waals surface area contributed by atoms with Crippen molar-refractivity contribution in [1.82, 2.24) is 4.90 Å². The fourth-order valence-electron chi connectivity index (χ4n) is 2.44. The van der Waals surface area contributed by atoms with Crippen molar-refractivity contribution < 1.29 is 4.79 Å². The summed E-state index contributed by atoms with van der Waals surface area (Å²) in [5.74, 6) is 0.637. The lowest BCUT2D eigenvalue weighted by atomic mass is 9.99. The number of rotatable bonds is 8. The van der Waals surface area contributed by atoms with Crippen LogP contribution in [0.4, 0.5) is 0 Å². The minimum absolute atomic E-state index is 0.131. The van der Waals surface area contributed by atoms with Gasteiger partial charge in [-0.3, -0.25) is 9.69 Å². The second kappa shape index (κ2) is 8.50. The summed E-state index contributed by atoms with van der Waals surface area (Å²) in [5, 5.41) is 8.80. The minimum atomic E-state index is -0.131. The molecular formula is C17H24N2O. The minimum Gasteiger partial charge on any atom is -0.292 e. The first-order chi connectivity index (χ1) is 9.60. The van der Waals surface area contributed by atoms with Gasteiger partial charge in [-0.05, 0) is 12.3 Å². The van der Waals surface area contributed by atoms with Crippen LogP contribution in [0.3, 0.4) is 0 Å². The van der Waals surface area contributed by atoms with E-state index in [4.69, 9.17) is 5.26 Å². The molecule has 0 saturated carbocycles. The summed E-state index contributed by atoms with van der Waals surface area (Å²) >= 11 is 0. The topological polar surface area (TPSA) is 44.1 Å². The van der Waals surface area contributed by atoms with Crippen LogP contribution in [0.1, 0.15) is 44.0 Å².